The van der Waals surface area contributed by atoms with Gasteiger partial charge in [0, 0.05) is 62.7 Å². The number of phenols is 1. The molecule has 1 aromatic carbocycles. The van der Waals surface area contributed by atoms with E-state index in [0.29, 0.717) is 51.6 Å². The summed E-state index contributed by atoms with van der Waals surface area (Å²) >= 11 is 7.54. The SMILES string of the molecule is CN1CCC(N2CCN(C(=O)[C@@H](Cc3cc(Cl)c(O)c(C(F)(F)F)c3)OC(=O)N3CCC(N4Cc5sccc5NC4=O)CC3)CC2)CC1. The van der Waals surface area contributed by atoms with Gasteiger partial charge in [0.05, 0.1) is 22.8 Å². The van der Waals surface area contributed by atoms with Gasteiger partial charge in [0.2, 0.25) is 0 Å². The number of phenolic OH excluding ortho intramolecular Hbond substituents is 1. The Bertz CT molecular complexity index is 1500. The number of hydrogen-bond donors (Lipinski definition) is 2. The molecule has 16 heteroatoms. The van der Waals surface area contributed by atoms with Crippen LogP contribution < -0.4 is 5.32 Å². The van der Waals surface area contributed by atoms with Crippen LogP contribution in [0.2, 0.25) is 5.02 Å². The largest absolute Gasteiger partial charge is 0.506 e. The third-order valence-corrected chi connectivity index (χ3v) is 11.1. The lowest BCUT2D eigenvalue weighted by molar-refractivity contribution is -0.143. The summed E-state index contributed by atoms with van der Waals surface area (Å²) in [6.45, 7) is 5.17. The fourth-order valence-electron chi connectivity index (χ4n) is 7.09. The van der Waals surface area contributed by atoms with Crippen molar-refractivity contribution in [3.8, 4) is 5.75 Å². The maximum Gasteiger partial charge on any atom is 0.420 e. The van der Waals surface area contributed by atoms with E-state index in [1.807, 2.05) is 11.4 Å². The fourth-order valence-corrected chi connectivity index (χ4v) is 8.16. The van der Waals surface area contributed by atoms with Gasteiger partial charge in [-0.1, -0.05) is 11.6 Å². The van der Waals surface area contributed by atoms with Crippen molar-refractivity contribution >= 4 is 46.7 Å². The summed E-state index contributed by atoms with van der Waals surface area (Å²) in [5.74, 6) is -1.59. The molecule has 48 heavy (non-hydrogen) atoms. The smallest absolute Gasteiger partial charge is 0.420 e. The van der Waals surface area contributed by atoms with Gasteiger partial charge in [0.15, 0.2) is 6.10 Å². The zero-order valence-corrected chi connectivity index (χ0v) is 28.2. The van der Waals surface area contributed by atoms with Crippen LogP contribution >= 0.6 is 22.9 Å². The first-order valence-electron chi connectivity index (χ1n) is 16.3. The Balaban J connectivity index is 1.13. The second-order valence-corrected chi connectivity index (χ2v) is 14.4. The van der Waals surface area contributed by atoms with E-state index in [1.54, 1.807) is 21.1 Å². The molecule has 0 aliphatic carbocycles. The number of ether oxygens (including phenoxy) is 1. The molecule has 0 unspecified atom stereocenters. The van der Waals surface area contributed by atoms with Crippen LogP contribution in [0.15, 0.2) is 23.6 Å². The number of urea groups is 1. The number of piperazine rings is 1. The first-order chi connectivity index (χ1) is 22.9. The molecule has 0 bridgehead atoms. The number of amides is 4. The Morgan fingerprint density at radius 3 is 2.35 bits per heavy atom. The average molecular weight is 713 g/mol. The molecule has 2 aromatic rings. The monoisotopic (exact) mass is 712 g/mol. The lowest BCUT2D eigenvalue weighted by Crippen LogP contribution is -2.56. The Hall–Kier alpha value is -3.27. The molecule has 4 aliphatic heterocycles. The molecule has 4 amide bonds. The zero-order valence-electron chi connectivity index (χ0n) is 26.7. The normalized spacial score (nSPS) is 21.2. The molecule has 3 fully saturated rings. The summed E-state index contributed by atoms with van der Waals surface area (Å²) in [6, 6.07) is 3.92. The number of benzene rings is 1. The molecular weight excluding hydrogens is 673 g/mol. The van der Waals surface area contributed by atoms with E-state index < -0.39 is 40.6 Å². The van der Waals surface area contributed by atoms with E-state index in [4.69, 9.17) is 16.3 Å². The van der Waals surface area contributed by atoms with Crippen molar-refractivity contribution in [2.45, 2.75) is 63.0 Å². The van der Waals surface area contributed by atoms with Gasteiger partial charge in [-0.3, -0.25) is 9.69 Å². The van der Waals surface area contributed by atoms with Crippen LogP contribution in [0.3, 0.4) is 0 Å². The highest BCUT2D eigenvalue weighted by atomic mass is 35.5. The minimum absolute atomic E-state index is 0.00371. The van der Waals surface area contributed by atoms with Crippen LogP contribution in [-0.4, -0.2) is 125 Å². The minimum atomic E-state index is -4.88. The molecule has 0 saturated carbocycles. The summed E-state index contributed by atoms with van der Waals surface area (Å²) < 4.78 is 46.9. The second-order valence-electron chi connectivity index (χ2n) is 13.0. The molecule has 4 aliphatic rings. The van der Waals surface area contributed by atoms with Crippen molar-refractivity contribution < 1.29 is 37.4 Å². The quantitative estimate of drug-likeness (QED) is 0.438. The summed E-state index contributed by atoms with van der Waals surface area (Å²) in [4.78, 5) is 50.7. The molecule has 11 nitrogen and oxygen atoms in total. The lowest BCUT2D eigenvalue weighted by atomic mass is 10.0. The number of nitrogens with zero attached hydrogens (tertiary/aromatic N) is 5. The third kappa shape index (κ3) is 7.63. The van der Waals surface area contributed by atoms with Crippen molar-refractivity contribution in [1.29, 1.82) is 0 Å². The Kier molecular flexibility index (Phi) is 10.3. The Morgan fingerprint density at radius 1 is 1.02 bits per heavy atom. The number of thiophene rings is 1. The molecular formula is C32H40ClF3N6O5S. The number of halogens is 4. The molecule has 3 saturated heterocycles. The van der Waals surface area contributed by atoms with Crippen molar-refractivity contribution in [3.05, 3.63) is 44.6 Å². The number of likely N-dealkylation sites (tertiary alicyclic amines) is 2. The first kappa shape index (κ1) is 34.6. The van der Waals surface area contributed by atoms with Gasteiger partial charge in [-0.2, -0.15) is 13.2 Å². The number of rotatable bonds is 6. The number of fused-ring (bicyclic) bond motifs is 1. The van der Waals surface area contributed by atoms with Crippen molar-refractivity contribution in [2.75, 3.05) is 64.7 Å². The predicted octanol–water partition coefficient (Wildman–Crippen LogP) is 4.92. The van der Waals surface area contributed by atoms with Crippen molar-refractivity contribution in [2.24, 2.45) is 0 Å². The Labute approximate surface area is 286 Å². The van der Waals surface area contributed by atoms with Gasteiger partial charge in [-0.05, 0) is 75.0 Å². The number of alkyl halides is 3. The highest BCUT2D eigenvalue weighted by molar-refractivity contribution is 7.10. The predicted molar refractivity (Wildman–Crippen MR) is 174 cm³/mol. The molecule has 0 spiro atoms. The highest BCUT2D eigenvalue weighted by Gasteiger charge is 2.39. The third-order valence-electron chi connectivity index (χ3n) is 9.92. The van der Waals surface area contributed by atoms with E-state index >= 15 is 0 Å². The van der Waals surface area contributed by atoms with Gasteiger partial charge < -0.3 is 34.8 Å². The van der Waals surface area contributed by atoms with Gasteiger partial charge in [-0.15, -0.1) is 11.3 Å². The van der Waals surface area contributed by atoms with E-state index in [-0.39, 0.29) is 37.1 Å². The number of carbonyl (C=O) groups excluding carboxylic acids is 3. The maximum atomic E-state index is 13.9. The van der Waals surface area contributed by atoms with Gasteiger partial charge in [0.25, 0.3) is 5.91 Å². The van der Waals surface area contributed by atoms with Gasteiger partial charge in [-0.25, -0.2) is 9.59 Å². The Morgan fingerprint density at radius 2 is 1.69 bits per heavy atom. The molecule has 0 radical (unpaired) electrons. The zero-order chi connectivity index (χ0) is 34.2. The van der Waals surface area contributed by atoms with Crippen molar-refractivity contribution in [1.82, 2.24) is 24.5 Å². The summed E-state index contributed by atoms with van der Waals surface area (Å²) in [5.41, 5.74) is -0.504. The first-order valence-corrected chi connectivity index (χ1v) is 17.5. The summed E-state index contributed by atoms with van der Waals surface area (Å²) in [5, 5.41) is 14.3. The van der Waals surface area contributed by atoms with Crippen LogP contribution in [0.25, 0.3) is 0 Å². The molecule has 2 N–H and O–H groups in total. The van der Waals surface area contributed by atoms with Gasteiger partial charge in [0.1, 0.15) is 5.75 Å². The van der Waals surface area contributed by atoms with Gasteiger partial charge >= 0.3 is 18.3 Å². The molecule has 1 aromatic heterocycles. The van der Waals surface area contributed by atoms with Crippen molar-refractivity contribution in [3.63, 3.8) is 0 Å². The number of carbonyl (C=O) groups is 3. The minimum Gasteiger partial charge on any atom is -0.506 e. The fraction of sp³-hybridized carbons (Fsp3) is 0.594. The van der Waals surface area contributed by atoms with Crippen LogP contribution in [0.5, 0.6) is 5.75 Å². The van der Waals surface area contributed by atoms with E-state index in [0.717, 1.165) is 48.6 Å². The number of hydrogen-bond acceptors (Lipinski definition) is 8. The van der Waals surface area contributed by atoms with Crippen LogP contribution in [0.1, 0.15) is 41.7 Å². The van der Waals surface area contributed by atoms with E-state index in [2.05, 4.69) is 22.2 Å². The summed E-state index contributed by atoms with van der Waals surface area (Å²) in [6.07, 6.45) is -4.30. The molecule has 6 rings (SSSR count). The van der Waals surface area contributed by atoms with Crippen LogP contribution in [0.4, 0.5) is 28.4 Å². The van der Waals surface area contributed by atoms with Crippen LogP contribution in [-0.2, 0) is 28.7 Å². The molecule has 5 heterocycles. The maximum absolute atomic E-state index is 13.9. The number of aromatic hydroxyl groups is 1. The number of nitrogens with one attached hydrogen (secondary N) is 1. The number of anilines is 1. The second kappa shape index (κ2) is 14.3. The summed E-state index contributed by atoms with van der Waals surface area (Å²) in [7, 11) is 2.10. The van der Waals surface area contributed by atoms with E-state index in [9.17, 15) is 32.7 Å². The van der Waals surface area contributed by atoms with Crippen LogP contribution in [0, 0.1) is 0 Å². The topological polar surface area (TPSA) is 109 Å². The highest BCUT2D eigenvalue weighted by Crippen LogP contribution is 2.41. The van der Waals surface area contributed by atoms with E-state index in [1.165, 1.54) is 4.90 Å². The lowest BCUT2D eigenvalue weighted by Gasteiger charge is -2.43. The average Bonchev–Trinajstić information content (AvgIpc) is 3.52. The number of piperidine rings is 2. The molecule has 262 valence electrons. The molecule has 1 atom stereocenters. The standard InChI is InChI=1S/C32H40ClF3N6O5S/c1-38-7-2-21(3-8-38)39-11-13-40(14-12-39)29(44)26(18-20-16-23(32(34,35)36)28(43)24(33)17-20)47-31(46)41-9-4-22(5-10-41)42-19-27-25(6-15-48-27)37-30(42)45/h6,15-17,21-22,26,43H,2-5,7-14,18-19H2,1H3,(H,37,45)/t26-/m1/s1.